The molecule has 1 heterocycles. The van der Waals surface area contributed by atoms with Crippen LogP contribution in [0.25, 0.3) is 5.70 Å². The van der Waals surface area contributed by atoms with E-state index < -0.39 is 0 Å². The highest BCUT2D eigenvalue weighted by Crippen LogP contribution is 2.14. The zero-order valence-electron chi connectivity index (χ0n) is 12.2. The van der Waals surface area contributed by atoms with E-state index in [9.17, 15) is 0 Å². The number of nitrogens with one attached hydrogen (secondary N) is 1. The van der Waals surface area contributed by atoms with Gasteiger partial charge in [0.2, 0.25) is 0 Å². The molecule has 1 aromatic rings. The molecule has 0 atom stereocenters. The van der Waals surface area contributed by atoms with Crippen LogP contribution in [0.4, 0.5) is 5.82 Å². The molecule has 0 amide bonds. The second-order valence-electron chi connectivity index (χ2n) is 4.75. The molecule has 0 fully saturated rings. The maximum atomic E-state index is 4.43. The van der Waals surface area contributed by atoms with Gasteiger partial charge in [-0.25, -0.2) is 9.67 Å². The number of rotatable bonds is 10. The summed E-state index contributed by atoms with van der Waals surface area (Å²) in [6, 6.07) is 1.90. The maximum Gasteiger partial charge on any atom is 0.154 e. The van der Waals surface area contributed by atoms with Gasteiger partial charge in [-0.2, -0.15) is 5.10 Å². The Bertz CT molecular complexity index is 393. The van der Waals surface area contributed by atoms with E-state index in [2.05, 4.69) is 28.9 Å². The lowest BCUT2D eigenvalue weighted by atomic mass is 10.2. The van der Waals surface area contributed by atoms with E-state index in [4.69, 9.17) is 0 Å². The van der Waals surface area contributed by atoms with Gasteiger partial charge in [0.15, 0.2) is 5.82 Å². The topological polar surface area (TPSA) is 42.2 Å². The average molecular weight is 262 g/mol. The van der Waals surface area contributed by atoms with Crippen molar-refractivity contribution in [2.75, 3.05) is 13.1 Å². The molecule has 106 valence electrons. The molecule has 1 rings (SSSR count). The van der Waals surface area contributed by atoms with Crippen molar-refractivity contribution in [2.45, 2.75) is 46.0 Å². The van der Waals surface area contributed by atoms with E-state index in [0.717, 1.165) is 31.0 Å². The lowest BCUT2D eigenvalue weighted by molar-refractivity contribution is 0.606. The summed E-state index contributed by atoms with van der Waals surface area (Å²) in [5.74, 6) is 0.858. The Morgan fingerprint density at radius 1 is 1.42 bits per heavy atom. The molecule has 0 radical (unpaired) electrons. The van der Waals surface area contributed by atoms with E-state index in [1.54, 1.807) is 10.9 Å². The fourth-order valence-corrected chi connectivity index (χ4v) is 1.81. The van der Waals surface area contributed by atoms with Gasteiger partial charge in [-0.05, 0) is 45.7 Å². The monoisotopic (exact) mass is 262 g/mol. The summed E-state index contributed by atoms with van der Waals surface area (Å²) in [6.45, 7) is 10.3. The van der Waals surface area contributed by atoms with Crippen LogP contribution in [0.5, 0.6) is 0 Å². The van der Waals surface area contributed by atoms with Gasteiger partial charge in [0.1, 0.15) is 0 Å². The number of unbranched alkanes of at least 4 members (excludes halogenated alkanes) is 3. The Balaban J connectivity index is 2.13. The zero-order valence-corrected chi connectivity index (χ0v) is 12.2. The van der Waals surface area contributed by atoms with Crippen molar-refractivity contribution >= 4 is 17.7 Å². The van der Waals surface area contributed by atoms with Crippen molar-refractivity contribution in [2.24, 2.45) is 4.99 Å². The second kappa shape index (κ2) is 9.50. The van der Waals surface area contributed by atoms with E-state index >= 15 is 0 Å². The quantitative estimate of drug-likeness (QED) is 0.517. The third-order valence-electron chi connectivity index (χ3n) is 2.82. The number of hydrogen-bond donors (Lipinski definition) is 1. The minimum atomic E-state index is 0.858. The number of aromatic nitrogens is 2. The molecule has 0 bridgehead atoms. The molecule has 0 aliphatic carbocycles. The fourth-order valence-electron chi connectivity index (χ4n) is 1.81. The van der Waals surface area contributed by atoms with Crippen LogP contribution in [0.2, 0.25) is 0 Å². The first-order valence-electron chi connectivity index (χ1n) is 7.19. The zero-order chi connectivity index (χ0) is 13.9. The molecule has 0 saturated carbocycles. The standard InChI is InChI=1S/C15H26N4/c1-4-10-16-11-7-5-6-8-12-17-15-9-13-18-19(15)14(2)3/h9,12-13,16H,2,4-8,10-11H2,1,3H3/b17-12+. The summed E-state index contributed by atoms with van der Waals surface area (Å²) in [5, 5.41) is 7.58. The van der Waals surface area contributed by atoms with Crippen molar-refractivity contribution in [1.82, 2.24) is 15.1 Å². The minimum Gasteiger partial charge on any atom is -0.317 e. The maximum absolute atomic E-state index is 4.43. The number of hydrogen-bond acceptors (Lipinski definition) is 3. The van der Waals surface area contributed by atoms with Crippen LogP contribution in [0.1, 0.15) is 46.0 Å². The van der Waals surface area contributed by atoms with Crippen LogP contribution in [0, 0.1) is 0 Å². The van der Waals surface area contributed by atoms with Gasteiger partial charge >= 0.3 is 0 Å². The second-order valence-corrected chi connectivity index (χ2v) is 4.75. The molecule has 4 heteroatoms. The van der Waals surface area contributed by atoms with Crippen molar-refractivity contribution in [3.8, 4) is 0 Å². The van der Waals surface area contributed by atoms with Crippen LogP contribution < -0.4 is 5.32 Å². The molecule has 0 unspecified atom stereocenters. The van der Waals surface area contributed by atoms with Gasteiger partial charge in [-0.3, -0.25) is 0 Å². The highest BCUT2D eigenvalue weighted by Gasteiger charge is 1.98. The summed E-state index contributed by atoms with van der Waals surface area (Å²) in [7, 11) is 0. The van der Waals surface area contributed by atoms with E-state index in [1.165, 1.54) is 25.7 Å². The Hall–Kier alpha value is -1.42. The van der Waals surface area contributed by atoms with E-state index in [-0.39, 0.29) is 0 Å². The van der Waals surface area contributed by atoms with Gasteiger partial charge < -0.3 is 5.32 Å². The van der Waals surface area contributed by atoms with Crippen LogP contribution in [0.15, 0.2) is 23.8 Å². The predicted octanol–water partition coefficient (Wildman–Crippen LogP) is 3.64. The third kappa shape index (κ3) is 6.34. The van der Waals surface area contributed by atoms with E-state index in [0.29, 0.717) is 0 Å². The Morgan fingerprint density at radius 3 is 3.00 bits per heavy atom. The van der Waals surface area contributed by atoms with Gasteiger partial charge in [-0.15, -0.1) is 0 Å². The smallest absolute Gasteiger partial charge is 0.154 e. The SMILES string of the molecule is C=C(C)n1nccc1/N=C/CCCCCNCCC. The molecule has 0 saturated heterocycles. The molecule has 0 aliphatic rings. The average Bonchev–Trinajstić information content (AvgIpc) is 2.85. The largest absolute Gasteiger partial charge is 0.317 e. The summed E-state index contributed by atoms with van der Waals surface area (Å²) >= 11 is 0. The molecule has 4 nitrogen and oxygen atoms in total. The van der Waals surface area contributed by atoms with Crippen molar-refractivity contribution in [3.63, 3.8) is 0 Å². The number of nitrogens with zero attached hydrogens (tertiary/aromatic N) is 3. The summed E-state index contributed by atoms with van der Waals surface area (Å²) in [5.41, 5.74) is 0.888. The normalized spacial score (nSPS) is 11.3. The van der Waals surface area contributed by atoms with Crippen LogP contribution >= 0.6 is 0 Å². The molecule has 1 N–H and O–H groups in total. The lowest BCUT2D eigenvalue weighted by Gasteiger charge is -2.02. The van der Waals surface area contributed by atoms with Gasteiger partial charge in [-0.1, -0.05) is 19.9 Å². The summed E-state index contributed by atoms with van der Waals surface area (Å²) in [6.07, 6.45) is 9.66. The molecule has 0 aromatic carbocycles. The number of allylic oxidation sites excluding steroid dienone is 1. The van der Waals surface area contributed by atoms with Crippen LogP contribution in [-0.2, 0) is 0 Å². The Labute approximate surface area is 116 Å². The Morgan fingerprint density at radius 2 is 2.26 bits per heavy atom. The molecule has 0 spiro atoms. The highest BCUT2D eigenvalue weighted by atomic mass is 15.3. The van der Waals surface area contributed by atoms with Crippen LogP contribution in [0.3, 0.4) is 0 Å². The van der Waals surface area contributed by atoms with Gasteiger partial charge in [0.05, 0.1) is 6.20 Å². The molecule has 0 aliphatic heterocycles. The van der Waals surface area contributed by atoms with Crippen molar-refractivity contribution in [3.05, 3.63) is 18.8 Å². The van der Waals surface area contributed by atoms with Gasteiger partial charge in [0.25, 0.3) is 0 Å². The minimum absolute atomic E-state index is 0.858. The predicted molar refractivity (Wildman–Crippen MR) is 83.0 cm³/mol. The third-order valence-corrected chi connectivity index (χ3v) is 2.82. The first-order chi connectivity index (χ1) is 9.25. The highest BCUT2D eigenvalue weighted by molar-refractivity contribution is 5.63. The molecular weight excluding hydrogens is 236 g/mol. The van der Waals surface area contributed by atoms with Crippen molar-refractivity contribution in [1.29, 1.82) is 0 Å². The summed E-state index contributed by atoms with van der Waals surface area (Å²) in [4.78, 5) is 4.43. The van der Waals surface area contributed by atoms with Crippen LogP contribution in [-0.4, -0.2) is 29.1 Å². The van der Waals surface area contributed by atoms with Crippen molar-refractivity contribution < 1.29 is 0 Å². The van der Waals surface area contributed by atoms with Gasteiger partial charge in [0, 0.05) is 18.0 Å². The molecular formula is C15H26N4. The first-order valence-corrected chi connectivity index (χ1v) is 7.19. The molecule has 1 aromatic heterocycles. The first kappa shape index (κ1) is 15.6. The molecule has 19 heavy (non-hydrogen) atoms. The fraction of sp³-hybridized carbons (Fsp3) is 0.600. The summed E-state index contributed by atoms with van der Waals surface area (Å²) < 4.78 is 1.76. The van der Waals surface area contributed by atoms with E-state index in [1.807, 2.05) is 19.2 Å². The lowest BCUT2D eigenvalue weighted by Crippen LogP contribution is -2.15. The Kier molecular flexibility index (Phi) is 7.82. The number of aliphatic imine (C=N–C) groups is 1.